The number of aromatic carboxylic acids is 1. The van der Waals surface area contributed by atoms with Crippen LogP contribution in [-0.2, 0) is 16.4 Å². The molecule has 9 heteroatoms. The van der Waals surface area contributed by atoms with Gasteiger partial charge in [0, 0.05) is 24.8 Å². The predicted octanol–water partition coefficient (Wildman–Crippen LogP) is 4.09. The van der Waals surface area contributed by atoms with Crippen LogP contribution >= 0.6 is 0 Å². The monoisotopic (exact) mass is 457 g/mol. The maximum absolute atomic E-state index is 12.8. The number of carboxylic acid groups (broad SMARTS) is 1. The zero-order valence-electron chi connectivity index (χ0n) is 18.8. The van der Waals surface area contributed by atoms with Crippen LogP contribution in [0.1, 0.15) is 38.5 Å². The van der Waals surface area contributed by atoms with Gasteiger partial charge in [-0.1, -0.05) is 22.9 Å². The highest BCUT2D eigenvalue weighted by atomic mass is 32.2. The van der Waals surface area contributed by atoms with Gasteiger partial charge in [-0.2, -0.15) is 0 Å². The van der Waals surface area contributed by atoms with E-state index in [4.69, 9.17) is 4.52 Å². The second-order valence-electron chi connectivity index (χ2n) is 7.89. The number of nitrogens with zero attached hydrogens (tertiary/aromatic N) is 2. The SMILES string of the molecule is Cc1ccc(S(=O)(=O)Nc2ccc(N(C)CCc3c(C)noc3C)c(C(=O)O)c2)c(C)c1. The fourth-order valence-corrected chi connectivity index (χ4v) is 4.95. The molecule has 2 aromatic carbocycles. The standard InChI is InChI=1S/C23H27N3O5S/c1-14-6-9-22(15(2)12-14)32(29,30)25-18-7-8-21(20(13-18)23(27)28)26(5)11-10-19-16(3)24-31-17(19)4/h6-9,12-13,25H,10-11H2,1-5H3,(H,27,28). The number of aromatic nitrogens is 1. The van der Waals surface area contributed by atoms with Crippen molar-refractivity contribution in [1.82, 2.24) is 5.16 Å². The van der Waals surface area contributed by atoms with E-state index in [1.165, 1.54) is 6.07 Å². The summed E-state index contributed by atoms with van der Waals surface area (Å²) in [6, 6.07) is 9.56. The third-order valence-electron chi connectivity index (χ3n) is 5.39. The van der Waals surface area contributed by atoms with Crippen molar-refractivity contribution in [2.75, 3.05) is 23.2 Å². The normalized spacial score (nSPS) is 11.4. The first-order valence-electron chi connectivity index (χ1n) is 10.1. The summed E-state index contributed by atoms with van der Waals surface area (Å²) >= 11 is 0. The summed E-state index contributed by atoms with van der Waals surface area (Å²) in [6.07, 6.45) is 0.637. The molecule has 0 saturated carbocycles. The van der Waals surface area contributed by atoms with Gasteiger partial charge in [0.1, 0.15) is 5.76 Å². The molecular weight excluding hydrogens is 430 g/mol. The molecule has 170 valence electrons. The quantitative estimate of drug-likeness (QED) is 0.524. The Bertz CT molecular complexity index is 1250. The van der Waals surface area contributed by atoms with Crippen molar-refractivity contribution in [2.24, 2.45) is 0 Å². The highest BCUT2D eigenvalue weighted by Gasteiger charge is 2.20. The van der Waals surface area contributed by atoms with Crippen molar-refractivity contribution in [3.8, 4) is 0 Å². The summed E-state index contributed by atoms with van der Waals surface area (Å²) in [7, 11) is -2.07. The highest BCUT2D eigenvalue weighted by Crippen LogP contribution is 2.27. The van der Waals surface area contributed by atoms with Crippen LogP contribution in [0.5, 0.6) is 0 Å². The zero-order chi connectivity index (χ0) is 23.6. The van der Waals surface area contributed by atoms with E-state index in [-0.39, 0.29) is 16.1 Å². The smallest absolute Gasteiger partial charge is 0.337 e. The van der Waals surface area contributed by atoms with Gasteiger partial charge in [-0.3, -0.25) is 4.72 Å². The Kier molecular flexibility index (Phi) is 6.59. The minimum absolute atomic E-state index is 0.00657. The number of hydrogen-bond acceptors (Lipinski definition) is 6. The van der Waals surface area contributed by atoms with Crippen LogP contribution < -0.4 is 9.62 Å². The van der Waals surface area contributed by atoms with Gasteiger partial charge in [-0.25, -0.2) is 13.2 Å². The fraction of sp³-hybridized carbons (Fsp3) is 0.304. The Morgan fingerprint density at radius 2 is 1.84 bits per heavy atom. The Labute approximate surface area is 187 Å². The summed E-state index contributed by atoms with van der Waals surface area (Å²) in [4.78, 5) is 13.9. The van der Waals surface area contributed by atoms with Gasteiger partial charge in [-0.05, 0) is 63.9 Å². The van der Waals surface area contributed by atoms with Crippen LogP contribution in [0.4, 0.5) is 11.4 Å². The van der Waals surface area contributed by atoms with Crippen molar-refractivity contribution < 1.29 is 22.8 Å². The van der Waals surface area contributed by atoms with E-state index in [9.17, 15) is 18.3 Å². The molecule has 1 heterocycles. The number of likely N-dealkylation sites (N-methyl/N-ethyl adjacent to an activating group) is 1. The Morgan fingerprint density at radius 1 is 1.12 bits per heavy atom. The van der Waals surface area contributed by atoms with Crippen LogP contribution in [-0.4, -0.2) is 38.2 Å². The van der Waals surface area contributed by atoms with Crippen LogP contribution in [0.15, 0.2) is 45.8 Å². The first kappa shape index (κ1) is 23.3. The van der Waals surface area contributed by atoms with Gasteiger partial charge < -0.3 is 14.5 Å². The molecule has 3 rings (SSSR count). The number of carbonyl (C=O) groups is 1. The van der Waals surface area contributed by atoms with E-state index >= 15 is 0 Å². The minimum Gasteiger partial charge on any atom is -0.478 e. The van der Waals surface area contributed by atoms with Gasteiger partial charge in [0.25, 0.3) is 10.0 Å². The van der Waals surface area contributed by atoms with Crippen molar-refractivity contribution in [3.05, 3.63) is 70.1 Å². The molecule has 32 heavy (non-hydrogen) atoms. The maximum Gasteiger partial charge on any atom is 0.337 e. The number of carboxylic acids is 1. The molecule has 8 nitrogen and oxygen atoms in total. The van der Waals surface area contributed by atoms with Crippen LogP contribution in [0.25, 0.3) is 0 Å². The molecule has 0 saturated heterocycles. The number of hydrogen-bond donors (Lipinski definition) is 2. The van der Waals surface area contributed by atoms with E-state index in [1.807, 2.05) is 25.7 Å². The lowest BCUT2D eigenvalue weighted by molar-refractivity contribution is 0.0697. The van der Waals surface area contributed by atoms with E-state index in [0.717, 1.165) is 22.6 Å². The molecule has 2 N–H and O–H groups in total. The Morgan fingerprint density at radius 3 is 2.44 bits per heavy atom. The molecule has 0 aliphatic carbocycles. The molecule has 0 amide bonds. The summed E-state index contributed by atoms with van der Waals surface area (Å²) in [5.74, 6) is -0.401. The van der Waals surface area contributed by atoms with E-state index in [0.29, 0.717) is 24.2 Å². The lowest BCUT2D eigenvalue weighted by atomic mass is 10.1. The first-order chi connectivity index (χ1) is 15.0. The molecule has 1 aromatic heterocycles. The fourth-order valence-electron chi connectivity index (χ4n) is 3.67. The summed E-state index contributed by atoms with van der Waals surface area (Å²) < 4.78 is 33.4. The van der Waals surface area contributed by atoms with Crippen molar-refractivity contribution in [3.63, 3.8) is 0 Å². The minimum atomic E-state index is -3.86. The number of nitrogens with one attached hydrogen (secondary N) is 1. The molecule has 0 radical (unpaired) electrons. The topological polar surface area (TPSA) is 113 Å². The van der Waals surface area contributed by atoms with Gasteiger partial charge in [0.05, 0.1) is 21.8 Å². The number of aryl methyl sites for hydroxylation is 4. The molecule has 0 unspecified atom stereocenters. The molecule has 0 fully saturated rings. The second-order valence-corrected chi connectivity index (χ2v) is 9.54. The largest absolute Gasteiger partial charge is 0.478 e. The highest BCUT2D eigenvalue weighted by molar-refractivity contribution is 7.92. The lowest BCUT2D eigenvalue weighted by Gasteiger charge is -2.22. The predicted molar refractivity (Wildman–Crippen MR) is 123 cm³/mol. The van der Waals surface area contributed by atoms with Gasteiger partial charge in [-0.15, -0.1) is 0 Å². The molecular formula is C23H27N3O5S. The molecule has 3 aromatic rings. The van der Waals surface area contributed by atoms with Crippen molar-refractivity contribution in [1.29, 1.82) is 0 Å². The van der Waals surface area contributed by atoms with Gasteiger partial charge in [0.2, 0.25) is 0 Å². The zero-order valence-corrected chi connectivity index (χ0v) is 19.6. The van der Waals surface area contributed by atoms with Crippen molar-refractivity contribution in [2.45, 2.75) is 39.0 Å². The number of sulfonamides is 1. The Balaban J connectivity index is 1.84. The van der Waals surface area contributed by atoms with Gasteiger partial charge >= 0.3 is 5.97 Å². The second kappa shape index (κ2) is 9.04. The molecule has 0 spiro atoms. The number of rotatable bonds is 8. The summed E-state index contributed by atoms with van der Waals surface area (Å²) in [6.45, 7) is 7.86. The first-order valence-corrected chi connectivity index (χ1v) is 11.6. The number of anilines is 2. The van der Waals surface area contributed by atoms with Crippen molar-refractivity contribution >= 4 is 27.4 Å². The third kappa shape index (κ3) is 4.94. The van der Waals surface area contributed by atoms with Crippen LogP contribution in [0.3, 0.4) is 0 Å². The van der Waals surface area contributed by atoms with E-state index in [1.54, 1.807) is 44.3 Å². The van der Waals surface area contributed by atoms with Gasteiger partial charge in [0.15, 0.2) is 0 Å². The average Bonchev–Trinajstić information content (AvgIpc) is 3.03. The molecule has 0 aliphatic heterocycles. The lowest BCUT2D eigenvalue weighted by Crippen LogP contribution is -2.23. The van der Waals surface area contributed by atoms with Crippen LogP contribution in [0.2, 0.25) is 0 Å². The summed E-state index contributed by atoms with van der Waals surface area (Å²) in [5.41, 5.74) is 4.05. The molecule has 0 aliphatic rings. The Hall–Kier alpha value is -3.33. The molecule has 0 bridgehead atoms. The van der Waals surface area contributed by atoms with Crippen LogP contribution in [0, 0.1) is 27.7 Å². The van der Waals surface area contributed by atoms with E-state index in [2.05, 4.69) is 9.88 Å². The average molecular weight is 458 g/mol. The molecule has 0 atom stereocenters. The maximum atomic E-state index is 12.8. The van der Waals surface area contributed by atoms with E-state index < -0.39 is 16.0 Å². The third-order valence-corrected chi connectivity index (χ3v) is 6.93. The summed E-state index contributed by atoms with van der Waals surface area (Å²) in [5, 5.41) is 13.7. The number of benzene rings is 2.